The second kappa shape index (κ2) is 8.99. The molecular weight excluding hydrogens is 316 g/mol. The van der Waals surface area contributed by atoms with E-state index in [1.165, 1.54) is 0 Å². The zero-order valence-electron chi connectivity index (χ0n) is 13.6. The number of amides is 2. The molecule has 1 saturated heterocycles. The van der Waals surface area contributed by atoms with Crippen LogP contribution in [0.4, 0.5) is 4.79 Å². The van der Waals surface area contributed by atoms with Gasteiger partial charge in [-0.1, -0.05) is 11.6 Å². The third-order valence-corrected chi connectivity index (χ3v) is 4.39. The smallest absolute Gasteiger partial charge is 0.317 e. The fourth-order valence-electron chi connectivity index (χ4n) is 2.77. The van der Waals surface area contributed by atoms with E-state index in [2.05, 4.69) is 5.32 Å². The van der Waals surface area contributed by atoms with Crippen LogP contribution >= 0.6 is 11.6 Å². The summed E-state index contributed by atoms with van der Waals surface area (Å²) in [5.41, 5.74) is 0.999. The van der Waals surface area contributed by atoms with Crippen molar-refractivity contribution in [2.45, 2.75) is 26.2 Å². The van der Waals surface area contributed by atoms with E-state index in [1.807, 2.05) is 24.0 Å². The Morgan fingerprint density at radius 3 is 2.83 bits per heavy atom. The highest BCUT2D eigenvalue weighted by Gasteiger charge is 2.21. The predicted molar refractivity (Wildman–Crippen MR) is 91.1 cm³/mol. The number of halogens is 1. The monoisotopic (exact) mass is 340 g/mol. The van der Waals surface area contributed by atoms with Crippen LogP contribution in [-0.2, 0) is 6.42 Å². The second-order valence-electron chi connectivity index (χ2n) is 5.78. The summed E-state index contributed by atoms with van der Waals surface area (Å²) in [6.07, 6.45) is 2.41. The zero-order valence-corrected chi connectivity index (χ0v) is 14.3. The summed E-state index contributed by atoms with van der Waals surface area (Å²) in [5, 5.41) is 12.7. The van der Waals surface area contributed by atoms with Crippen molar-refractivity contribution in [3.8, 4) is 5.75 Å². The van der Waals surface area contributed by atoms with Crippen LogP contribution < -0.4 is 10.1 Å². The minimum atomic E-state index is -0.0404. The lowest BCUT2D eigenvalue weighted by molar-refractivity contribution is 0.137. The molecule has 128 valence electrons. The molecule has 1 heterocycles. The average molecular weight is 341 g/mol. The van der Waals surface area contributed by atoms with Crippen molar-refractivity contribution in [2.24, 2.45) is 5.92 Å². The SMILES string of the molecule is CCOc1ccc(Cl)cc1CCNC(=O)N1CCC(CO)CC1. The zero-order chi connectivity index (χ0) is 16.7. The molecule has 5 nitrogen and oxygen atoms in total. The van der Waals surface area contributed by atoms with Crippen molar-refractivity contribution >= 4 is 17.6 Å². The second-order valence-corrected chi connectivity index (χ2v) is 6.22. The lowest BCUT2D eigenvalue weighted by Crippen LogP contribution is -2.45. The summed E-state index contributed by atoms with van der Waals surface area (Å²) in [6.45, 7) is 4.71. The van der Waals surface area contributed by atoms with E-state index in [9.17, 15) is 4.79 Å². The van der Waals surface area contributed by atoms with Gasteiger partial charge in [0, 0.05) is 31.3 Å². The van der Waals surface area contributed by atoms with Gasteiger partial charge in [-0.25, -0.2) is 4.79 Å². The van der Waals surface area contributed by atoms with Gasteiger partial charge in [-0.3, -0.25) is 0 Å². The number of piperidine rings is 1. The van der Waals surface area contributed by atoms with Crippen molar-refractivity contribution in [2.75, 3.05) is 32.8 Å². The molecule has 0 saturated carbocycles. The normalized spacial score (nSPS) is 15.5. The fourth-order valence-corrected chi connectivity index (χ4v) is 2.97. The van der Waals surface area contributed by atoms with E-state index in [4.69, 9.17) is 21.4 Å². The molecule has 23 heavy (non-hydrogen) atoms. The molecule has 0 radical (unpaired) electrons. The molecule has 0 aromatic heterocycles. The van der Waals surface area contributed by atoms with Crippen molar-refractivity contribution < 1.29 is 14.6 Å². The number of carbonyl (C=O) groups is 1. The van der Waals surface area contributed by atoms with Gasteiger partial charge in [0.1, 0.15) is 5.75 Å². The predicted octanol–water partition coefficient (Wildman–Crippen LogP) is 2.70. The summed E-state index contributed by atoms with van der Waals surface area (Å²) >= 11 is 6.04. The molecule has 1 aliphatic heterocycles. The number of likely N-dealkylation sites (tertiary alicyclic amines) is 1. The third kappa shape index (κ3) is 5.29. The minimum Gasteiger partial charge on any atom is -0.494 e. The van der Waals surface area contributed by atoms with Crippen molar-refractivity contribution in [3.05, 3.63) is 28.8 Å². The number of urea groups is 1. The van der Waals surface area contributed by atoms with Gasteiger partial charge in [0.05, 0.1) is 6.61 Å². The van der Waals surface area contributed by atoms with Crippen LogP contribution in [0.3, 0.4) is 0 Å². The van der Waals surface area contributed by atoms with E-state index < -0.39 is 0 Å². The van der Waals surface area contributed by atoms with Crippen LogP contribution in [0, 0.1) is 5.92 Å². The first-order valence-corrected chi connectivity index (χ1v) is 8.56. The number of hydrogen-bond donors (Lipinski definition) is 2. The number of hydrogen-bond acceptors (Lipinski definition) is 3. The first-order valence-electron chi connectivity index (χ1n) is 8.19. The molecule has 2 N–H and O–H groups in total. The van der Waals surface area contributed by atoms with E-state index in [1.54, 1.807) is 6.07 Å². The number of carbonyl (C=O) groups excluding carboxylic acids is 1. The number of rotatable bonds is 6. The van der Waals surface area contributed by atoms with Crippen LogP contribution in [-0.4, -0.2) is 48.9 Å². The van der Waals surface area contributed by atoms with Gasteiger partial charge in [0.2, 0.25) is 0 Å². The summed E-state index contributed by atoms with van der Waals surface area (Å²) in [6, 6.07) is 5.51. The highest BCUT2D eigenvalue weighted by molar-refractivity contribution is 6.30. The van der Waals surface area contributed by atoms with Crippen LogP contribution in [0.2, 0.25) is 5.02 Å². The molecule has 2 amide bonds. The minimum absolute atomic E-state index is 0.0404. The largest absolute Gasteiger partial charge is 0.494 e. The van der Waals surface area contributed by atoms with Gasteiger partial charge < -0.3 is 20.1 Å². The Balaban J connectivity index is 1.80. The molecule has 0 atom stereocenters. The van der Waals surface area contributed by atoms with Gasteiger partial charge in [0.25, 0.3) is 0 Å². The molecule has 1 aliphatic rings. The molecule has 0 bridgehead atoms. The Morgan fingerprint density at radius 1 is 1.43 bits per heavy atom. The quantitative estimate of drug-likeness (QED) is 0.837. The molecule has 1 aromatic carbocycles. The van der Waals surface area contributed by atoms with Crippen LogP contribution in [0.1, 0.15) is 25.3 Å². The third-order valence-electron chi connectivity index (χ3n) is 4.15. The number of nitrogens with one attached hydrogen (secondary N) is 1. The van der Waals surface area contributed by atoms with E-state index >= 15 is 0 Å². The molecule has 6 heteroatoms. The molecule has 2 rings (SSSR count). The number of ether oxygens (including phenoxy) is 1. The topological polar surface area (TPSA) is 61.8 Å². The van der Waals surface area contributed by atoms with Crippen molar-refractivity contribution in [1.82, 2.24) is 10.2 Å². The van der Waals surface area contributed by atoms with Gasteiger partial charge >= 0.3 is 6.03 Å². The summed E-state index contributed by atoms with van der Waals surface area (Å²) in [5.74, 6) is 1.15. The molecule has 0 aliphatic carbocycles. The maximum Gasteiger partial charge on any atom is 0.317 e. The average Bonchev–Trinajstić information content (AvgIpc) is 2.57. The lowest BCUT2D eigenvalue weighted by atomic mass is 9.98. The highest BCUT2D eigenvalue weighted by atomic mass is 35.5. The van der Waals surface area contributed by atoms with Crippen LogP contribution in [0.25, 0.3) is 0 Å². The standard InChI is InChI=1S/C17H25ClN2O3/c1-2-23-16-4-3-15(18)11-14(16)5-8-19-17(22)20-9-6-13(12-21)7-10-20/h3-4,11,13,21H,2,5-10,12H2,1H3,(H,19,22). The lowest BCUT2D eigenvalue weighted by Gasteiger charge is -2.31. The first-order chi connectivity index (χ1) is 11.1. The Morgan fingerprint density at radius 2 is 2.17 bits per heavy atom. The number of nitrogens with zero attached hydrogens (tertiary/aromatic N) is 1. The number of aliphatic hydroxyl groups is 1. The van der Waals surface area contributed by atoms with Gasteiger partial charge in [-0.05, 0) is 55.9 Å². The Kier molecular flexibility index (Phi) is 6.99. The summed E-state index contributed by atoms with van der Waals surface area (Å²) < 4.78 is 5.58. The van der Waals surface area contributed by atoms with Gasteiger partial charge in [-0.2, -0.15) is 0 Å². The number of benzene rings is 1. The molecule has 1 fully saturated rings. The van der Waals surface area contributed by atoms with Crippen LogP contribution in [0.5, 0.6) is 5.75 Å². The molecular formula is C17H25ClN2O3. The molecule has 0 unspecified atom stereocenters. The summed E-state index contributed by atoms with van der Waals surface area (Å²) in [7, 11) is 0. The number of aliphatic hydroxyl groups excluding tert-OH is 1. The Labute approximate surface area is 142 Å². The molecule has 0 spiro atoms. The maximum atomic E-state index is 12.2. The van der Waals surface area contributed by atoms with Crippen molar-refractivity contribution in [1.29, 1.82) is 0 Å². The van der Waals surface area contributed by atoms with Crippen molar-refractivity contribution in [3.63, 3.8) is 0 Å². The highest BCUT2D eigenvalue weighted by Crippen LogP contribution is 2.23. The maximum absolute atomic E-state index is 12.2. The van der Waals surface area contributed by atoms with E-state index in [0.29, 0.717) is 43.6 Å². The Hall–Kier alpha value is -1.46. The van der Waals surface area contributed by atoms with Gasteiger partial charge in [-0.15, -0.1) is 0 Å². The van der Waals surface area contributed by atoms with E-state index in [0.717, 1.165) is 24.2 Å². The summed E-state index contributed by atoms with van der Waals surface area (Å²) in [4.78, 5) is 14.0. The molecule has 1 aromatic rings. The fraction of sp³-hybridized carbons (Fsp3) is 0.588. The van der Waals surface area contributed by atoms with E-state index in [-0.39, 0.29) is 12.6 Å². The van der Waals surface area contributed by atoms with Gasteiger partial charge in [0.15, 0.2) is 0 Å². The first kappa shape index (κ1) is 17.9. The van der Waals surface area contributed by atoms with Crippen LogP contribution in [0.15, 0.2) is 18.2 Å². The Bertz CT molecular complexity index is 517.